The van der Waals surface area contributed by atoms with Crippen molar-refractivity contribution in [1.29, 1.82) is 0 Å². The first-order chi connectivity index (χ1) is 32.0. The van der Waals surface area contributed by atoms with E-state index in [1.54, 1.807) is 0 Å². The number of unbranched alkanes of at least 4 members (excludes halogenated alkanes) is 29. The fourth-order valence-corrected chi connectivity index (χ4v) is 7.77. The van der Waals surface area contributed by atoms with Gasteiger partial charge < -0.3 is 14.2 Å². The van der Waals surface area contributed by atoms with Gasteiger partial charge in [-0.1, -0.05) is 229 Å². The predicted molar refractivity (Wildman–Crippen MR) is 279 cm³/mol. The van der Waals surface area contributed by atoms with E-state index in [9.17, 15) is 14.4 Å². The Morgan fingerprint density at radius 2 is 0.554 bits per heavy atom. The van der Waals surface area contributed by atoms with Crippen LogP contribution in [0, 0.1) is 0 Å². The van der Waals surface area contributed by atoms with E-state index in [2.05, 4.69) is 81.5 Å². The number of carbonyl (C=O) groups is 3. The molecule has 0 fully saturated rings. The van der Waals surface area contributed by atoms with Crippen molar-refractivity contribution in [2.75, 3.05) is 13.2 Å². The molecule has 0 radical (unpaired) electrons. The molecule has 0 saturated heterocycles. The number of hydrogen-bond acceptors (Lipinski definition) is 6. The van der Waals surface area contributed by atoms with Gasteiger partial charge >= 0.3 is 17.9 Å². The third-order valence-corrected chi connectivity index (χ3v) is 12.0. The molecule has 376 valence electrons. The molecule has 0 aliphatic carbocycles. The van der Waals surface area contributed by atoms with E-state index in [4.69, 9.17) is 14.2 Å². The lowest BCUT2D eigenvalue weighted by molar-refractivity contribution is -0.167. The molecule has 0 N–H and O–H groups in total. The van der Waals surface area contributed by atoms with Crippen LogP contribution in [0.15, 0.2) is 60.8 Å². The standard InChI is InChI=1S/C59H104O6/c1-4-7-10-13-16-19-22-25-28-29-32-34-37-40-43-46-49-52-58(61)64-55-56(65-59(62)53-50-47-44-41-38-35-31-27-24-21-18-15-12-9-6-3)54-63-57(60)51-48-45-42-39-36-33-30-26-23-20-17-14-11-8-5-2/h17-18,20-21,26-27,30-31,38,41,56H,4-16,19,22-25,28-29,32-37,39-40,42-55H2,1-3H3/b20-17-,21-18-,30-26-,31-27-,41-38-/t56-/m1/s1. The van der Waals surface area contributed by atoms with Crippen molar-refractivity contribution in [3.63, 3.8) is 0 Å². The second kappa shape index (κ2) is 53.7. The van der Waals surface area contributed by atoms with Crippen LogP contribution in [0.25, 0.3) is 0 Å². The zero-order valence-corrected chi connectivity index (χ0v) is 43.0. The van der Waals surface area contributed by atoms with Crippen LogP contribution >= 0.6 is 0 Å². The SMILES string of the molecule is CCCCC/C=C\C/C=C\C/C=C\CCCCC(=O)O[C@H](COC(=O)CCCCCCC/C=C\C/C=C\CCCCC)COC(=O)CCCCCCCCCCCCCCCCCCC. The van der Waals surface area contributed by atoms with E-state index in [1.807, 2.05) is 0 Å². The first kappa shape index (κ1) is 62.1. The van der Waals surface area contributed by atoms with Crippen molar-refractivity contribution in [3.8, 4) is 0 Å². The minimum atomic E-state index is -0.798. The molecule has 6 nitrogen and oxygen atoms in total. The molecular weight excluding hydrogens is 805 g/mol. The molecule has 0 heterocycles. The van der Waals surface area contributed by atoms with Crippen molar-refractivity contribution in [1.82, 2.24) is 0 Å². The molecule has 0 aromatic carbocycles. The number of carbonyl (C=O) groups excluding carboxylic acids is 3. The lowest BCUT2D eigenvalue weighted by Gasteiger charge is -2.18. The largest absolute Gasteiger partial charge is 0.462 e. The van der Waals surface area contributed by atoms with Crippen molar-refractivity contribution in [3.05, 3.63) is 60.8 Å². The normalized spacial score (nSPS) is 12.5. The third kappa shape index (κ3) is 51.9. The highest BCUT2D eigenvalue weighted by molar-refractivity contribution is 5.71. The molecule has 0 amide bonds. The second-order valence-electron chi connectivity index (χ2n) is 18.5. The topological polar surface area (TPSA) is 78.9 Å². The zero-order valence-electron chi connectivity index (χ0n) is 43.0. The van der Waals surface area contributed by atoms with Gasteiger partial charge in [-0.3, -0.25) is 14.4 Å². The fraction of sp³-hybridized carbons (Fsp3) is 0.780. The molecule has 0 aromatic heterocycles. The predicted octanol–water partition coefficient (Wildman–Crippen LogP) is 18.4. The Kier molecular flexibility index (Phi) is 51.3. The maximum Gasteiger partial charge on any atom is 0.306 e. The first-order valence-corrected chi connectivity index (χ1v) is 27.8. The number of hydrogen-bond donors (Lipinski definition) is 0. The third-order valence-electron chi connectivity index (χ3n) is 12.0. The average Bonchev–Trinajstić information content (AvgIpc) is 3.30. The summed E-state index contributed by atoms with van der Waals surface area (Å²) in [6.07, 6.45) is 66.3. The number of esters is 3. The highest BCUT2D eigenvalue weighted by atomic mass is 16.6. The van der Waals surface area contributed by atoms with Crippen LogP contribution in [0.3, 0.4) is 0 Å². The first-order valence-electron chi connectivity index (χ1n) is 27.8. The number of allylic oxidation sites excluding steroid dienone is 10. The Hall–Kier alpha value is -2.89. The van der Waals surface area contributed by atoms with Crippen molar-refractivity contribution >= 4 is 17.9 Å². The van der Waals surface area contributed by atoms with E-state index < -0.39 is 6.10 Å². The minimum Gasteiger partial charge on any atom is -0.462 e. The van der Waals surface area contributed by atoms with Gasteiger partial charge in [0, 0.05) is 19.3 Å². The van der Waals surface area contributed by atoms with Crippen molar-refractivity contribution in [2.24, 2.45) is 0 Å². The van der Waals surface area contributed by atoms with Crippen molar-refractivity contribution in [2.45, 2.75) is 284 Å². The van der Waals surface area contributed by atoms with Gasteiger partial charge in [0.25, 0.3) is 0 Å². The second-order valence-corrected chi connectivity index (χ2v) is 18.5. The monoisotopic (exact) mass is 909 g/mol. The molecular formula is C59H104O6. The fourth-order valence-electron chi connectivity index (χ4n) is 7.77. The smallest absolute Gasteiger partial charge is 0.306 e. The molecule has 65 heavy (non-hydrogen) atoms. The highest BCUT2D eigenvalue weighted by Gasteiger charge is 2.19. The molecule has 0 rings (SSSR count). The Labute approximate surface area is 402 Å². The lowest BCUT2D eigenvalue weighted by Crippen LogP contribution is -2.30. The van der Waals surface area contributed by atoms with Crippen LogP contribution in [0.4, 0.5) is 0 Å². The Morgan fingerprint density at radius 3 is 0.923 bits per heavy atom. The van der Waals surface area contributed by atoms with Crippen molar-refractivity contribution < 1.29 is 28.6 Å². The van der Waals surface area contributed by atoms with E-state index in [1.165, 1.54) is 141 Å². The molecule has 0 aromatic rings. The summed E-state index contributed by atoms with van der Waals surface area (Å²) in [5, 5.41) is 0. The molecule has 1 atom stereocenters. The molecule has 0 aliphatic rings. The van der Waals surface area contributed by atoms with Crippen LogP contribution in [-0.4, -0.2) is 37.2 Å². The quantitative estimate of drug-likeness (QED) is 0.0262. The van der Waals surface area contributed by atoms with E-state index in [0.717, 1.165) is 89.9 Å². The summed E-state index contributed by atoms with van der Waals surface area (Å²) in [4.78, 5) is 38.1. The molecule has 0 spiro atoms. The average molecular weight is 909 g/mol. The van der Waals surface area contributed by atoms with Crippen LogP contribution in [0.2, 0.25) is 0 Å². The zero-order chi connectivity index (χ0) is 47.2. The van der Waals surface area contributed by atoms with Gasteiger partial charge in [-0.05, 0) is 89.9 Å². The summed E-state index contributed by atoms with van der Waals surface area (Å²) in [6.45, 7) is 6.56. The summed E-state index contributed by atoms with van der Waals surface area (Å²) in [7, 11) is 0. The summed E-state index contributed by atoms with van der Waals surface area (Å²) in [5.41, 5.74) is 0. The molecule has 0 saturated carbocycles. The molecule has 6 heteroatoms. The Bertz CT molecular complexity index is 1180. The molecule has 0 aliphatic heterocycles. The van der Waals surface area contributed by atoms with Gasteiger partial charge in [0.05, 0.1) is 0 Å². The van der Waals surface area contributed by atoms with Gasteiger partial charge in [-0.2, -0.15) is 0 Å². The van der Waals surface area contributed by atoms with Crippen LogP contribution in [-0.2, 0) is 28.6 Å². The number of ether oxygens (including phenoxy) is 3. The van der Waals surface area contributed by atoms with Gasteiger partial charge in [-0.25, -0.2) is 0 Å². The number of rotatable bonds is 50. The maximum atomic E-state index is 12.8. The van der Waals surface area contributed by atoms with E-state index in [0.29, 0.717) is 19.3 Å². The van der Waals surface area contributed by atoms with E-state index in [-0.39, 0.29) is 37.5 Å². The van der Waals surface area contributed by atoms with Gasteiger partial charge in [0.2, 0.25) is 0 Å². The van der Waals surface area contributed by atoms with Gasteiger partial charge in [0.1, 0.15) is 13.2 Å². The summed E-state index contributed by atoms with van der Waals surface area (Å²) in [6, 6.07) is 0. The molecule has 0 unspecified atom stereocenters. The van der Waals surface area contributed by atoms with Crippen LogP contribution in [0.1, 0.15) is 278 Å². The maximum absolute atomic E-state index is 12.8. The summed E-state index contributed by atoms with van der Waals surface area (Å²) in [5.74, 6) is -0.935. The van der Waals surface area contributed by atoms with E-state index >= 15 is 0 Å². The Morgan fingerprint density at radius 1 is 0.308 bits per heavy atom. The highest BCUT2D eigenvalue weighted by Crippen LogP contribution is 2.16. The van der Waals surface area contributed by atoms with Gasteiger partial charge in [-0.15, -0.1) is 0 Å². The lowest BCUT2D eigenvalue weighted by atomic mass is 10.0. The van der Waals surface area contributed by atoms with Crippen LogP contribution < -0.4 is 0 Å². The van der Waals surface area contributed by atoms with Gasteiger partial charge in [0.15, 0.2) is 6.10 Å². The summed E-state index contributed by atoms with van der Waals surface area (Å²) < 4.78 is 16.8. The van der Waals surface area contributed by atoms with Crippen LogP contribution in [0.5, 0.6) is 0 Å². The Balaban J connectivity index is 4.43. The minimum absolute atomic E-state index is 0.0919. The molecule has 0 bridgehead atoms. The summed E-state index contributed by atoms with van der Waals surface area (Å²) >= 11 is 0.